The van der Waals surface area contributed by atoms with E-state index in [4.69, 9.17) is 0 Å². The first-order valence-corrected chi connectivity index (χ1v) is 7.76. The van der Waals surface area contributed by atoms with Gasteiger partial charge in [-0.2, -0.15) is 0 Å². The first kappa shape index (κ1) is 12.3. The lowest BCUT2D eigenvalue weighted by molar-refractivity contribution is 0.127. The predicted octanol–water partition coefficient (Wildman–Crippen LogP) is 2.96. The van der Waals surface area contributed by atoms with E-state index in [1.54, 1.807) is 0 Å². The zero-order valence-electron chi connectivity index (χ0n) is 11.6. The van der Waals surface area contributed by atoms with E-state index in [9.17, 15) is 4.79 Å². The third-order valence-electron chi connectivity index (χ3n) is 4.55. The Morgan fingerprint density at radius 1 is 1.11 bits per heavy atom. The minimum atomic E-state index is 0.334. The highest BCUT2D eigenvalue weighted by Crippen LogP contribution is 2.34. The maximum Gasteiger partial charge on any atom is 0.320 e. The number of nitrogens with zero attached hydrogens (tertiary/aromatic N) is 2. The van der Waals surface area contributed by atoms with Crippen LogP contribution < -0.4 is 0 Å². The number of amides is 2. The van der Waals surface area contributed by atoms with Crippen molar-refractivity contribution in [3.8, 4) is 0 Å². The SMILES string of the molecule is CC1CCCN(C(=O)N(CC2CC2)CC2CC2)C1. The van der Waals surface area contributed by atoms with Crippen molar-refractivity contribution < 1.29 is 4.79 Å². The summed E-state index contributed by atoms with van der Waals surface area (Å²) >= 11 is 0. The van der Waals surface area contributed by atoms with Crippen LogP contribution in [0.1, 0.15) is 45.4 Å². The molecule has 1 unspecified atom stereocenters. The predicted molar refractivity (Wildman–Crippen MR) is 72.4 cm³/mol. The second-order valence-electron chi connectivity index (χ2n) is 6.77. The molecule has 3 heteroatoms. The summed E-state index contributed by atoms with van der Waals surface area (Å²) in [6.07, 6.45) is 7.83. The summed E-state index contributed by atoms with van der Waals surface area (Å²) in [6.45, 7) is 6.28. The Balaban J connectivity index is 1.57. The standard InChI is InChI=1S/C15H26N2O/c1-12-3-2-8-16(9-12)15(18)17(10-13-4-5-13)11-14-6-7-14/h12-14H,2-11H2,1H3. The van der Waals surface area contributed by atoms with Crippen LogP contribution in [0.3, 0.4) is 0 Å². The highest BCUT2D eigenvalue weighted by atomic mass is 16.2. The van der Waals surface area contributed by atoms with Gasteiger partial charge in [0.2, 0.25) is 0 Å². The van der Waals surface area contributed by atoms with Crippen LogP contribution in [0, 0.1) is 17.8 Å². The molecule has 0 radical (unpaired) electrons. The summed E-state index contributed by atoms with van der Waals surface area (Å²) in [7, 11) is 0. The van der Waals surface area contributed by atoms with Gasteiger partial charge in [-0.3, -0.25) is 0 Å². The Kier molecular flexibility index (Phi) is 3.49. The summed E-state index contributed by atoms with van der Waals surface area (Å²) in [5, 5.41) is 0. The topological polar surface area (TPSA) is 23.6 Å². The van der Waals surface area contributed by atoms with Crippen molar-refractivity contribution in [3.05, 3.63) is 0 Å². The first-order valence-electron chi connectivity index (χ1n) is 7.76. The number of hydrogen-bond donors (Lipinski definition) is 0. The average molecular weight is 250 g/mol. The molecule has 0 aromatic carbocycles. The molecule has 0 aromatic heterocycles. The third kappa shape index (κ3) is 3.18. The van der Waals surface area contributed by atoms with Crippen LogP contribution in [0.15, 0.2) is 0 Å². The van der Waals surface area contributed by atoms with Gasteiger partial charge in [-0.15, -0.1) is 0 Å². The van der Waals surface area contributed by atoms with Crippen molar-refractivity contribution in [2.45, 2.75) is 45.4 Å². The molecule has 3 fully saturated rings. The summed E-state index contributed by atoms with van der Waals surface area (Å²) in [6, 6.07) is 0.334. The van der Waals surface area contributed by atoms with E-state index >= 15 is 0 Å². The molecule has 1 atom stereocenters. The van der Waals surface area contributed by atoms with Gasteiger partial charge in [0.15, 0.2) is 0 Å². The maximum atomic E-state index is 12.6. The van der Waals surface area contributed by atoms with E-state index in [1.807, 2.05) is 0 Å². The van der Waals surface area contributed by atoms with E-state index in [1.165, 1.54) is 38.5 Å². The Hall–Kier alpha value is -0.730. The van der Waals surface area contributed by atoms with E-state index in [-0.39, 0.29) is 0 Å². The molecule has 2 amide bonds. The van der Waals surface area contributed by atoms with Crippen LogP contribution in [0.2, 0.25) is 0 Å². The summed E-state index contributed by atoms with van der Waals surface area (Å²) in [5.41, 5.74) is 0. The number of piperidine rings is 1. The monoisotopic (exact) mass is 250 g/mol. The normalized spacial score (nSPS) is 28.3. The zero-order valence-corrected chi connectivity index (χ0v) is 11.6. The quantitative estimate of drug-likeness (QED) is 0.752. The summed E-state index contributed by atoms with van der Waals surface area (Å²) in [4.78, 5) is 16.9. The lowest BCUT2D eigenvalue weighted by atomic mass is 10.0. The number of likely N-dealkylation sites (tertiary alicyclic amines) is 1. The Morgan fingerprint density at radius 2 is 1.72 bits per heavy atom. The fraction of sp³-hybridized carbons (Fsp3) is 0.933. The fourth-order valence-electron chi connectivity index (χ4n) is 3.02. The summed E-state index contributed by atoms with van der Waals surface area (Å²) < 4.78 is 0. The van der Waals surface area contributed by atoms with Gasteiger partial charge in [0, 0.05) is 26.2 Å². The largest absolute Gasteiger partial charge is 0.324 e. The molecule has 0 N–H and O–H groups in total. The molecule has 1 heterocycles. The molecule has 1 aliphatic heterocycles. The van der Waals surface area contributed by atoms with Gasteiger partial charge in [-0.05, 0) is 56.3 Å². The molecule has 0 spiro atoms. The first-order chi connectivity index (χ1) is 8.72. The molecule has 1 saturated heterocycles. The minimum Gasteiger partial charge on any atom is -0.324 e. The molecule has 3 nitrogen and oxygen atoms in total. The Labute approximate surface area is 111 Å². The lowest BCUT2D eigenvalue weighted by Crippen LogP contribution is -2.48. The van der Waals surface area contributed by atoms with Crippen LogP contribution in [0.25, 0.3) is 0 Å². The van der Waals surface area contributed by atoms with Crippen LogP contribution in [-0.4, -0.2) is 42.0 Å². The van der Waals surface area contributed by atoms with Crippen molar-refractivity contribution in [2.75, 3.05) is 26.2 Å². The smallest absolute Gasteiger partial charge is 0.320 e. The Morgan fingerprint density at radius 3 is 2.22 bits per heavy atom. The van der Waals surface area contributed by atoms with Crippen LogP contribution in [-0.2, 0) is 0 Å². The van der Waals surface area contributed by atoms with E-state index in [0.29, 0.717) is 11.9 Å². The van der Waals surface area contributed by atoms with Gasteiger partial charge >= 0.3 is 6.03 Å². The van der Waals surface area contributed by atoms with Gasteiger partial charge in [0.05, 0.1) is 0 Å². The van der Waals surface area contributed by atoms with Crippen LogP contribution >= 0.6 is 0 Å². The number of carbonyl (C=O) groups excluding carboxylic acids is 1. The molecule has 3 rings (SSSR count). The number of rotatable bonds is 4. The van der Waals surface area contributed by atoms with Gasteiger partial charge in [-0.1, -0.05) is 6.92 Å². The van der Waals surface area contributed by atoms with Gasteiger partial charge < -0.3 is 9.80 Å². The van der Waals surface area contributed by atoms with Gasteiger partial charge in [0.25, 0.3) is 0 Å². The minimum absolute atomic E-state index is 0.334. The van der Waals surface area contributed by atoms with Gasteiger partial charge in [-0.25, -0.2) is 4.79 Å². The molecule has 2 aliphatic carbocycles. The highest BCUT2D eigenvalue weighted by molar-refractivity contribution is 5.74. The van der Waals surface area contributed by atoms with Gasteiger partial charge in [0.1, 0.15) is 0 Å². The van der Waals surface area contributed by atoms with Crippen molar-refractivity contribution in [3.63, 3.8) is 0 Å². The molecule has 2 saturated carbocycles. The summed E-state index contributed by atoms with van der Waals surface area (Å²) in [5.74, 6) is 2.32. The molecule has 0 bridgehead atoms. The molecule has 3 aliphatic rings. The van der Waals surface area contributed by atoms with Crippen molar-refractivity contribution in [1.82, 2.24) is 9.80 Å². The molecular formula is C15H26N2O. The van der Waals surface area contributed by atoms with Crippen molar-refractivity contribution in [2.24, 2.45) is 17.8 Å². The Bertz CT molecular complexity index is 296. The average Bonchev–Trinajstić information content (AvgIpc) is 3.22. The molecule has 102 valence electrons. The number of hydrogen-bond acceptors (Lipinski definition) is 1. The fourth-order valence-corrected chi connectivity index (χ4v) is 3.02. The van der Waals surface area contributed by atoms with Crippen LogP contribution in [0.4, 0.5) is 4.79 Å². The molecule has 0 aromatic rings. The van der Waals surface area contributed by atoms with Crippen molar-refractivity contribution in [1.29, 1.82) is 0 Å². The molecule has 18 heavy (non-hydrogen) atoms. The van der Waals surface area contributed by atoms with E-state index in [0.717, 1.165) is 38.0 Å². The number of urea groups is 1. The zero-order chi connectivity index (χ0) is 12.5. The second kappa shape index (κ2) is 5.10. The third-order valence-corrected chi connectivity index (χ3v) is 4.55. The van der Waals surface area contributed by atoms with Crippen molar-refractivity contribution >= 4 is 6.03 Å². The van der Waals surface area contributed by atoms with E-state index in [2.05, 4.69) is 16.7 Å². The highest BCUT2D eigenvalue weighted by Gasteiger charge is 2.34. The number of carbonyl (C=O) groups is 1. The maximum absolute atomic E-state index is 12.6. The van der Waals surface area contributed by atoms with Crippen LogP contribution in [0.5, 0.6) is 0 Å². The second-order valence-corrected chi connectivity index (χ2v) is 6.77. The lowest BCUT2D eigenvalue weighted by Gasteiger charge is -2.35. The van der Waals surface area contributed by atoms with E-state index < -0.39 is 0 Å². The molecular weight excluding hydrogens is 224 g/mol.